The van der Waals surface area contributed by atoms with Gasteiger partial charge in [0.05, 0.1) is 23.2 Å². The first-order valence-electron chi connectivity index (χ1n) is 12.7. The van der Waals surface area contributed by atoms with E-state index in [1.807, 2.05) is 18.2 Å². The molecule has 0 aliphatic carbocycles. The number of alkyl halides is 3. The molecular formula is C28H29F3N4O3S. The number of ether oxygens (including phenoxy) is 2. The van der Waals surface area contributed by atoms with Gasteiger partial charge in [-0.15, -0.1) is 11.3 Å². The zero-order chi connectivity index (χ0) is 27.7. The number of aromatic nitrogens is 2. The molecule has 2 N–H and O–H groups in total. The highest BCUT2D eigenvalue weighted by atomic mass is 32.1. The Morgan fingerprint density at radius 2 is 1.92 bits per heavy atom. The van der Waals surface area contributed by atoms with Crippen molar-refractivity contribution in [2.24, 2.45) is 11.7 Å². The number of imidazole rings is 1. The van der Waals surface area contributed by atoms with Gasteiger partial charge in [0.25, 0.3) is 5.91 Å². The summed E-state index contributed by atoms with van der Waals surface area (Å²) in [6, 6.07) is 12.5. The highest BCUT2D eigenvalue weighted by Gasteiger charge is 2.35. The largest absolute Gasteiger partial charge is 0.493 e. The Balaban J connectivity index is 1.40. The molecule has 2 aromatic heterocycles. The van der Waals surface area contributed by atoms with E-state index in [0.717, 1.165) is 54.4 Å². The number of hydrogen-bond acceptors (Lipinski definition) is 6. The van der Waals surface area contributed by atoms with Gasteiger partial charge in [-0.3, -0.25) is 9.36 Å². The van der Waals surface area contributed by atoms with Gasteiger partial charge in [-0.2, -0.15) is 13.2 Å². The number of carbonyl (C=O) groups is 1. The third-order valence-corrected chi connectivity index (χ3v) is 8.13. The van der Waals surface area contributed by atoms with Crippen LogP contribution in [0, 0.1) is 5.92 Å². The standard InChI is InChI=1S/C28H29F3N4O3S/c1-17(20-5-3-4-6-21(20)28(29,30)31)38-24-14-25(39-26(24)27(32)36)35-16-33-22-8-7-19(13-23(22)35)37-15-18-9-11-34(2)12-10-18/h3-8,13-14,16-18H,9-12,15H2,1-2H3,(H2,32,36)/t17-/m0/s1. The Morgan fingerprint density at radius 3 is 2.64 bits per heavy atom. The minimum atomic E-state index is -4.54. The number of nitrogens with zero attached hydrogens (tertiary/aromatic N) is 3. The first kappa shape index (κ1) is 27.0. The molecule has 5 rings (SSSR count). The minimum absolute atomic E-state index is 0.0346. The molecule has 0 saturated carbocycles. The van der Waals surface area contributed by atoms with Crippen LogP contribution in [0.5, 0.6) is 11.5 Å². The second-order valence-corrected chi connectivity index (χ2v) is 10.8. The number of piperidine rings is 1. The molecule has 3 heterocycles. The molecule has 0 spiro atoms. The predicted molar refractivity (Wildman–Crippen MR) is 144 cm³/mol. The molecule has 2 aromatic carbocycles. The average Bonchev–Trinajstić information content (AvgIpc) is 3.51. The van der Waals surface area contributed by atoms with Gasteiger partial charge in [0.15, 0.2) is 0 Å². The quantitative estimate of drug-likeness (QED) is 0.284. The van der Waals surface area contributed by atoms with Crippen LogP contribution in [0.15, 0.2) is 54.9 Å². The summed E-state index contributed by atoms with van der Waals surface area (Å²) in [6.45, 7) is 4.26. The van der Waals surface area contributed by atoms with E-state index in [0.29, 0.717) is 23.3 Å². The summed E-state index contributed by atoms with van der Waals surface area (Å²) in [4.78, 5) is 19.1. The van der Waals surface area contributed by atoms with Crippen LogP contribution < -0.4 is 15.2 Å². The summed E-state index contributed by atoms with van der Waals surface area (Å²) in [5, 5.41) is 0.588. The fourth-order valence-electron chi connectivity index (χ4n) is 4.80. The van der Waals surface area contributed by atoms with Crippen molar-refractivity contribution in [2.45, 2.75) is 32.0 Å². The Labute approximate surface area is 227 Å². The van der Waals surface area contributed by atoms with Gasteiger partial charge in [-0.05, 0) is 64.0 Å². The lowest BCUT2D eigenvalue weighted by Gasteiger charge is -2.28. The molecule has 1 saturated heterocycles. The van der Waals surface area contributed by atoms with E-state index in [-0.39, 0.29) is 16.2 Å². The molecule has 1 fully saturated rings. The van der Waals surface area contributed by atoms with Gasteiger partial charge >= 0.3 is 6.18 Å². The highest BCUT2D eigenvalue weighted by molar-refractivity contribution is 7.16. The summed E-state index contributed by atoms with van der Waals surface area (Å²) in [5.41, 5.74) is 6.28. The van der Waals surface area contributed by atoms with Crippen molar-refractivity contribution in [1.29, 1.82) is 0 Å². The summed E-state index contributed by atoms with van der Waals surface area (Å²) in [6.07, 6.45) is -1.72. The number of likely N-dealkylation sites (tertiary alicyclic amines) is 1. The van der Waals surface area contributed by atoms with Crippen LogP contribution in [0.4, 0.5) is 13.2 Å². The van der Waals surface area contributed by atoms with E-state index in [4.69, 9.17) is 15.2 Å². The number of amides is 1. The lowest BCUT2D eigenvalue weighted by molar-refractivity contribution is -0.139. The monoisotopic (exact) mass is 558 g/mol. The molecule has 0 radical (unpaired) electrons. The number of benzene rings is 2. The molecule has 1 aliphatic rings. The van der Waals surface area contributed by atoms with Crippen molar-refractivity contribution < 1.29 is 27.4 Å². The van der Waals surface area contributed by atoms with Crippen molar-refractivity contribution in [3.05, 3.63) is 70.9 Å². The van der Waals surface area contributed by atoms with E-state index in [9.17, 15) is 18.0 Å². The summed E-state index contributed by atoms with van der Waals surface area (Å²) >= 11 is 1.08. The summed E-state index contributed by atoms with van der Waals surface area (Å²) < 4.78 is 54.5. The van der Waals surface area contributed by atoms with E-state index in [1.54, 1.807) is 17.0 Å². The lowest BCUT2D eigenvalue weighted by Crippen LogP contribution is -2.32. The van der Waals surface area contributed by atoms with E-state index >= 15 is 0 Å². The lowest BCUT2D eigenvalue weighted by atomic mass is 9.98. The molecule has 1 aliphatic heterocycles. The molecule has 11 heteroatoms. The highest BCUT2D eigenvalue weighted by Crippen LogP contribution is 2.39. The van der Waals surface area contributed by atoms with Gasteiger partial charge in [0.1, 0.15) is 33.8 Å². The van der Waals surface area contributed by atoms with E-state index in [1.165, 1.54) is 25.1 Å². The van der Waals surface area contributed by atoms with Crippen LogP contribution in [-0.2, 0) is 6.18 Å². The number of thiophene rings is 1. The maximum Gasteiger partial charge on any atom is 0.416 e. The number of primary amides is 1. The van der Waals surface area contributed by atoms with Crippen LogP contribution in [0.2, 0.25) is 0 Å². The molecule has 1 amide bonds. The Hall–Kier alpha value is -3.57. The summed E-state index contributed by atoms with van der Waals surface area (Å²) in [5.74, 6) is 0.595. The van der Waals surface area contributed by atoms with Crippen LogP contribution in [0.1, 0.15) is 46.7 Å². The van der Waals surface area contributed by atoms with Crippen LogP contribution in [-0.4, -0.2) is 47.1 Å². The third-order valence-electron chi connectivity index (χ3n) is 7.00. The molecule has 7 nitrogen and oxygen atoms in total. The van der Waals surface area contributed by atoms with Crippen molar-refractivity contribution in [1.82, 2.24) is 14.5 Å². The average molecular weight is 559 g/mol. The first-order valence-corrected chi connectivity index (χ1v) is 13.5. The molecule has 1 atom stereocenters. The Morgan fingerprint density at radius 1 is 1.18 bits per heavy atom. The Bertz CT molecular complexity index is 1470. The smallest absolute Gasteiger partial charge is 0.416 e. The fourth-order valence-corrected chi connectivity index (χ4v) is 5.73. The molecular weight excluding hydrogens is 529 g/mol. The van der Waals surface area contributed by atoms with Crippen LogP contribution >= 0.6 is 11.3 Å². The number of hydrogen-bond donors (Lipinski definition) is 1. The molecule has 4 aromatic rings. The van der Waals surface area contributed by atoms with Gasteiger partial charge in [-0.25, -0.2) is 4.98 Å². The SMILES string of the molecule is C[C@H](Oc1cc(-n2cnc3ccc(OCC4CCN(C)CC4)cc32)sc1C(N)=O)c1ccccc1C(F)(F)F. The van der Waals surface area contributed by atoms with E-state index in [2.05, 4.69) is 16.9 Å². The number of rotatable bonds is 8. The fraction of sp³-hybridized carbons (Fsp3) is 0.357. The Kier molecular flexibility index (Phi) is 7.55. The maximum absolute atomic E-state index is 13.6. The second-order valence-electron chi connectivity index (χ2n) is 9.81. The van der Waals surface area contributed by atoms with Gasteiger partial charge in [0, 0.05) is 17.7 Å². The molecule has 206 valence electrons. The number of carbonyl (C=O) groups excluding carboxylic acids is 1. The number of halogens is 3. The van der Waals surface area contributed by atoms with Crippen molar-refractivity contribution >= 4 is 28.3 Å². The van der Waals surface area contributed by atoms with E-state index < -0.39 is 23.8 Å². The topological polar surface area (TPSA) is 82.6 Å². The molecule has 39 heavy (non-hydrogen) atoms. The zero-order valence-corrected chi connectivity index (χ0v) is 22.4. The van der Waals surface area contributed by atoms with Gasteiger partial charge < -0.3 is 20.1 Å². The molecule has 0 unspecified atom stereocenters. The minimum Gasteiger partial charge on any atom is -0.493 e. The second kappa shape index (κ2) is 10.9. The van der Waals surface area contributed by atoms with Crippen molar-refractivity contribution in [3.8, 4) is 16.5 Å². The third kappa shape index (κ3) is 5.89. The normalized spacial score (nSPS) is 15.9. The summed E-state index contributed by atoms with van der Waals surface area (Å²) in [7, 11) is 2.12. The predicted octanol–water partition coefficient (Wildman–Crippen LogP) is 6.07. The van der Waals surface area contributed by atoms with Crippen LogP contribution in [0.3, 0.4) is 0 Å². The maximum atomic E-state index is 13.6. The number of fused-ring (bicyclic) bond motifs is 1. The first-order chi connectivity index (χ1) is 18.6. The van der Waals surface area contributed by atoms with Crippen molar-refractivity contribution in [3.63, 3.8) is 0 Å². The number of nitrogens with two attached hydrogens (primary N) is 1. The molecule has 0 bridgehead atoms. The zero-order valence-electron chi connectivity index (χ0n) is 21.6. The van der Waals surface area contributed by atoms with Crippen molar-refractivity contribution in [2.75, 3.05) is 26.7 Å². The van der Waals surface area contributed by atoms with Gasteiger partial charge in [-0.1, -0.05) is 18.2 Å². The van der Waals surface area contributed by atoms with Crippen LogP contribution in [0.25, 0.3) is 16.0 Å². The van der Waals surface area contributed by atoms with Gasteiger partial charge in [0.2, 0.25) is 0 Å².